The Morgan fingerprint density at radius 1 is 1.30 bits per heavy atom. The zero-order valence-corrected chi connectivity index (χ0v) is 19.3. The molecule has 2 N–H and O–H groups in total. The van der Waals surface area contributed by atoms with Gasteiger partial charge in [-0.05, 0) is 63.1 Å². The summed E-state index contributed by atoms with van der Waals surface area (Å²) in [5.74, 6) is 0.451. The first-order valence-electron chi connectivity index (χ1n) is 11.1. The molecule has 1 unspecified atom stereocenters. The van der Waals surface area contributed by atoms with Crippen LogP contribution in [0.2, 0.25) is 0 Å². The summed E-state index contributed by atoms with van der Waals surface area (Å²) >= 11 is 0. The van der Waals surface area contributed by atoms with Crippen molar-refractivity contribution in [1.82, 2.24) is 20.2 Å². The number of fused-ring (bicyclic) bond motifs is 1. The minimum Gasteiger partial charge on any atom is -0.496 e. The van der Waals surface area contributed by atoms with Gasteiger partial charge in [0.15, 0.2) is 0 Å². The molecule has 0 spiro atoms. The molecule has 8 heteroatoms. The molecule has 3 aromatic rings. The normalized spacial score (nSPS) is 16.5. The van der Waals surface area contributed by atoms with E-state index < -0.39 is 5.69 Å². The fourth-order valence-electron chi connectivity index (χ4n) is 4.71. The van der Waals surface area contributed by atoms with Gasteiger partial charge in [0.25, 0.3) is 0 Å². The molecule has 0 saturated carbocycles. The predicted octanol–water partition coefficient (Wildman–Crippen LogP) is 3.46. The largest absolute Gasteiger partial charge is 0.496 e. The number of hydrogen-bond donors (Lipinski definition) is 2. The number of H-pyrrole nitrogens is 1. The minimum absolute atomic E-state index is 0.00214. The minimum atomic E-state index is -0.413. The van der Waals surface area contributed by atoms with Crippen LogP contribution in [-0.2, 0) is 12.8 Å². The molecule has 0 bridgehead atoms. The Bertz CT molecular complexity index is 1240. The van der Waals surface area contributed by atoms with Crippen molar-refractivity contribution in [2.45, 2.75) is 39.5 Å². The quantitative estimate of drug-likeness (QED) is 0.573. The average Bonchev–Trinajstić information content (AvgIpc) is 3.22. The summed E-state index contributed by atoms with van der Waals surface area (Å²) in [6.45, 7) is 5.88. The third-order valence-corrected chi connectivity index (χ3v) is 6.57. The molecule has 0 radical (unpaired) electrons. The van der Waals surface area contributed by atoms with Crippen molar-refractivity contribution in [1.29, 1.82) is 0 Å². The lowest BCUT2D eigenvalue weighted by molar-refractivity contribution is 0.176. The second-order valence-corrected chi connectivity index (χ2v) is 8.96. The van der Waals surface area contributed by atoms with Crippen LogP contribution in [0.4, 0.5) is 4.39 Å². The van der Waals surface area contributed by atoms with Crippen LogP contribution in [0, 0.1) is 24.6 Å². The van der Waals surface area contributed by atoms with E-state index in [9.17, 15) is 14.3 Å². The third kappa shape index (κ3) is 4.35. The number of methoxy groups -OCH3 is 1. The highest BCUT2D eigenvalue weighted by Gasteiger charge is 2.31. The Balaban J connectivity index is 1.84. The Hall–Kier alpha value is -3.26. The topological polar surface area (TPSA) is 93.0 Å². The maximum atomic E-state index is 14.7. The number of tetrazole rings is 1. The highest BCUT2D eigenvalue weighted by Crippen LogP contribution is 2.42. The van der Waals surface area contributed by atoms with Gasteiger partial charge in [0.2, 0.25) is 0 Å². The highest BCUT2D eigenvalue weighted by atomic mass is 19.1. The molecule has 0 aliphatic heterocycles. The molecule has 4 rings (SSSR count). The summed E-state index contributed by atoms with van der Waals surface area (Å²) in [4.78, 5) is 12.2. The van der Waals surface area contributed by atoms with Crippen molar-refractivity contribution in [2.24, 2.45) is 11.8 Å². The van der Waals surface area contributed by atoms with Gasteiger partial charge in [-0.3, -0.25) is 0 Å². The summed E-state index contributed by atoms with van der Waals surface area (Å²) < 4.78 is 21.7. The summed E-state index contributed by atoms with van der Waals surface area (Å²) in [7, 11) is 1.61. The van der Waals surface area contributed by atoms with Gasteiger partial charge in [0.05, 0.1) is 12.8 Å². The van der Waals surface area contributed by atoms with Crippen molar-refractivity contribution >= 4 is 5.70 Å². The van der Waals surface area contributed by atoms with E-state index in [1.165, 1.54) is 4.68 Å². The van der Waals surface area contributed by atoms with Crippen LogP contribution in [0.5, 0.6) is 5.75 Å². The summed E-state index contributed by atoms with van der Waals surface area (Å²) in [5, 5.41) is 20.0. The van der Waals surface area contributed by atoms with Crippen LogP contribution in [0.3, 0.4) is 0 Å². The van der Waals surface area contributed by atoms with Gasteiger partial charge in [-0.2, -0.15) is 4.68 Å². The Kier molecular flexibility index (Phi) is 6.47. The third-order valence-electron chi connectivity index (χ3n) is 6.57. The van der Waals surface area contributed by atoms with Crippen LogP contribution < -0.4 is 10.4 Å². The summed E-state index contributed by atoms with van der Waals surface area (Å²) in [6, 6.07) is 9.40. The van der Waals surface area contributed by atoms with E-state index in [2.05, 4.69) is 29.4 Å². The zero-order chi connectivity index (χ0) is 23.7. The maximum absolute atomic E-state index is 14.7. The van der Waals surface area contributed by atoms with Crippen molar-refractivity contribution in [3.8, 4) is 5.75 Å². The molecule has 1 heterocycles. The molecule has 2 aromatic carbocycles. The maximum Gasteiger partial charge on any atom is 0.365 e. The first kappa shape index (κ1) is 22.9. The number of aliphatic hydroxyl groups is 1. The number of allylic oxidation sites excluding steroid dienone is 2. The number of nitrogens with zero attached hydrogens (tertiary/aromatic N) is 3. The van der Waals surface area contributed by atoms with E-state index in [-0.39, 0.29) is 30.2 Å². The second kappa shape index (κ2) is 9.31. The van der Waals surface area contributed by atoms with Crippen LogP contribution in [0.1, 0.15) is 47.6 Å². The number of hydrogen-bond acceptors (Lipinski definition) is 5. The van der Waals surface area contributed by atoms with Crippen LogP contribution in [0.25, 0.3) is 5.70 Å². The number of aliphatic hydroxyl groups excluding tert-OH is 1. The molecule has 174 valence electrons. The molecule has 0 fully saturated rings. The van der Waals surface area contributed by atoms with Gasteiger partial charge in [-0.15, -0.1) is 0 Å². The van der Waals surface area contributed by atoms with Crippen molar-refractivity contribution in [3.05, 3.63) is 80.5 Å². The van der Waals surface area contributed by atoms with Gasteiger partial charge in [0, 0.05) is 25.4 Å². The highest BCUT2D eigenvalue weighted by molar-refractivity contribution is 5.60. The summed E-state index contributed by atoms with van der Waals surface area (Å²) in [6.07, 6.45) is 2.83. The number of rotatable bonds is 7. The monoisotopic (exact) mass is 452 g/mol. The molecule has 1 aliphatic carbocycles. The number of halogens is 1. The number of benzene rings is 2. The number of aromatic nitrogens is 4. The standard InChI is InChI=1S/C25H29FN4O3/c1-14(2)22(13-31)21-11-19(30-25(32)27-28-29-30)10-17-9-18(23(33-4)12-20(17)21)8-16-7-5-6-15(3)24(16)26/h5-7,9,11-12,14,21-22,31H,8,10,13H2,1-4H3,(H,27,29,32)/t21?,22-/m1/s1. The number of aromatic amines is 1. The average molecular weight is 453 g/mol. The zero-order valence-electron chi connectivity index (χ0n) is 19.3. The SMILES string of the molecule is COc1cc2c(cc1Cc1cccc(C)c1F)CC(n1nn[nH]c1=O)=CC2[C@H](CO)C(C)C. The van der Waals surface area contributed by atoms with E-state index in [1.807, 2.05) is 24.3 Å². The molecule has 1 aliphatic rings. The van der Waals surface area contributed by atoms with Crippen LogP contribution in [0.15, 0.2) is 41.2 Å². The molecule has 0 saturated heterocycles. The molecular formula is C25H29FN4O3. The Labute approximate surface area is 191 Å². The van der Waals surface area contributed by atoms with E-state index in [0.29, 0.717) is 35.4 Å². The Morgan fingerprint density at radius 2 is 2.09 bits per heavy atom. The predicted molar refractivity (Wildman–Crippen MR) is 124 cm³/mol. The Morgan fingerprint density at radius 3 is 2.73 bits per heavy atom. The van der Waals surface area contributed by atoms with E-state index in [4.69, 9.17) is 4.74 Å². The van der Waals surface area contributed by atoms with Crippen molar-refractivity contribution < 1.29 is 14.2 Å². The fraction of sp³-hybridized carbons (Fsp3) is 0.400. The molecule has 0 amide bonds. The molecule has 2 atom stereocenters. The van der Waals surface area contributed by atoms with Crippen molar-refractivity contribution in [2.75, 3.05) is 13.7 Å². The number of aryl methyl sites for hydroxylation is 1. The van der Waals surface area contributed by atoms with Gasteiger partial charge in [-0.1, -0.05) is 44.2 Å². The van der Waals surface area contributed by atoms with E-state index in [0.717, 1.165) is 16.7 Å². The first-order chi connectivity index (χ1) is 15.8. The van der Waals surface area contributed by atoms with Crippen LogP contribution in [-0.4, -0.2) is 39.0 Å². The molecule has 1 aromatic heterocycles. The second-order valence-electron chi connectivity index (χ2n) is 8.96. The van der Waals surface area contributed by atoms with Gasteiger partial charge >= 0.3 is 5.69 Å². The smallest absolute Gasteiger partial charge is 0.365 e. The van der Waals surface area contributed by atoms with Gasteiger partial charge in [-0.25, -0.2) is 14.3 Å². The van der Waals surface area contributed by atoms with E-state index in [1.54, 1.807) is 26.2 Å². The number of ether oxygens (including phenoxy) is 1. The molecule has 7 nitrogen and oxygen atoms in total. The van der Waals surface area contributed by atoms with E-state index >= 15 is 0 Å². The molecule has 33 heavy (non-hydrogen) atoms. The first-order valence-corrected chi connectivity index (χ1v) is 11.1. The van der Waals surface area contributed by atoms with Crippen LogP contribution >= 0.6 is 0 Å². The molecular weight excluding hydrogens is 423 g/mol. The van der Waals surface area contributed by atoms with Crippen molar-refractivity contribution in [3.63, 3.8) is 0 Å². The summed E-state index contributed by atoms with van der Waals surface area (Å²) in [5.41, 5.74) is 4.37. The lowest BCUT2D eigenvalue weighted by atomic mass is 9.74. The van der Waals surface area contributed by atoms with Gasteiger partial charge in [0.1, 0.15) is 11.6 Å². The number of nitrogens with one attached hydrogen (secondary N) is 1. The van der Waals surface area contributed by atoms with Gasteiger partial charge < -0.3 is 9.84 Å². The fourth-order valence-corrected chi connectivity index (χ4v) is 4.71. The lowest BCUT2D eigenvalue weighted by Crippen LogP contribution is -2.27. The lowest BCUT2D eigenvalue weighted by Gasteiger charge is -2.33.